The maximum atomic E-state index is 9.58. The molecular formula is C19H22BClO2. The summed E-state index contributed by atoms with van der Waals surface area (Å²) >= 11 is 6.30. The second-order valence-electron chi connectivity index (χ2n) is 6.45. The SMILES string of the molecule is CCCC1(CCC)c2cc(Cl)ccc2-c2ccc(B(O)O)cc21. The highest BCUT2D eigenvalue weighted by Crippen LogP contribution is 2.53. The van der Waals surface area contributed by atoms with Gasteiger partial charge in [-0.05, 0) is 52.7 Å². The topological polar surface area (TPSA) is 40.5 Å². The van der Waals surface area contributed by atoms with Gasteiger partial charge in [0.25, 0.3) is 0 Å². The van der Waals surface area contributed by atoms with Gasteiger partial charge in [0.05, 0.1) is 0 Å². The molecule has 3 rings (SSSR count). The Balaban J connectivity index is 2.30. The van der Waals surface area contributed by atoms with Crippen molar-refractivity contribution in [3.05, 3.63) is 52.5 Å². The van der Waals surface area contributed by atoms with Crippen LogP contribution in [0.2, 0.25) is 5.02 Å². The lowest BCUT2D eigenvalue weighted by molar-refractivity contribution is 0.424. The average Bonchev–Trinajstić information content (AvgIpc) is 2.78. The summed E-state index contributed by atoms with van der Waals surface area (Å²) in [5, 5.41) is 19.9. The van der Waals surface area contributed by atoms with Crippen LogP contribution >= 0.6 is 11.6 Å². The molecule has 0 radical (unpaired) electrons. The van der Waals surface area contributed by atoms with Crippen molar-refractivity contribution in [1.82, 2.24) is 0 Å². The molecule has 1 aliphatic carbocycles. The maximum Gasteiger partial charge on any atom is 0.488 e. The monoisotopic (exact) mass is 328 g/mol. The van der Waals surface area contributed by atoms with Crippen molar-refractivity contribution in [2.75, 3.05) is 0 Å². The largest absolute Gasteiger partial charge is 0.488 e. The normalized spacial score (nSPS) is 14.5. The first-order valence-electron chi connectivity index (χ1n) is 8.34. The lowest BCUT2D eigenvalue weighted by atomic mass is 9.69. The Bertz CT molecular complexity index is 721. The molecule has 0 unspecified atom stereocenters. The highest BCUT2D eigenvalue weighted by Gasteiger charge is 2.42. The van der Waals surface area contributed by atoms with E-state index < -0.39 is 7.12 Å². The van der Waals surface area contributed by atoms with Gasteiger partial charge in [-0.15, -0.1) is 0 Å². The van der Waals surface area contributed by atoms with E-state index in [4.69, 9.17) is 11.6 Å². The summed E-state index contributed by atoms with van der Waals surface area (Å²) in [7, 11) is -1.44. The summed E-state index contributed by atoms with van der Waals surface area (Å²) in [6, 6.07) is 11.9. The molecule has 0 spiro atoms. The van der Waals surface area contributed by atoms with E-state index in [2.05, 4.69) is 26.0 Å². The van der Waals surface area contributed by atoms with Crippen molar-refractivity contribution in [3.63, 3.8) is 0 Å². The first-order valence-corrected chi connectivity index (χ1v) is 8.72. The minimum atomic E-state index is -1.44. The Morgan fingerprint density at radius 3 is 2.04 bits per heavy atom. The zero-order valence-corrected chi connectivity index (χ0v) is 14.4. The Morgan fingerprint density at radius 1 is 0.913 bits per heavy atom. The van der Waals surface area contributed by atoms with Crippen LogP contribution in [0.5, 0.6) is 0 Å². The van der Waals surface area contributed by atoms with Gasteiger partial charge in [-0.2, -0.15) is 0 Å². The molecule has 2 nitrogen and oxygen atoms in total. The van der Waals surface area contributed by atoms with Crippen molar-refractivity contribution in [3.8, 4) is 11.1 Å². The third kappa shape index (κ3) is 2.61. The molecule has 0 aromatic heterocycles. The second-order valence-corrected chi connectivity index (χ2v) is 6.89. The fraction of sp³-hybridized carbons (Fsp3) is 0.368. The molecule has 0 aliphatic heterocycles. The highest BCUT2D eigenvalue weighted by molar-refractivity contribution is 6.58. The third-order valence-corrected chi connectivity index (χ3v) is 5.23. The van der Waals surface area contributed by atoms with E-state index in [1.165, 1.54) is 22.3 Å². The van der Waals surface area contributed by atoms with Crippen LogP contribution in [0, 0.1) is 0 Å². The molecule has 0 heterocycles. The fourth-order valence-corrected chi connectivity index (χ4v) is 4.33. The number of rotatable bonds is 5. The van der Waals surface area contributed by atoms with Gasteiger partial charge < -0.3 is 10.0 Å². The second kappa shape index (κ2) is 6.31. The lowest BCUT2D eigenvalue weighted by Crippen LogP contribution is -2.32. The molecule has 2 N–H and O–H groups in total. The van der Waals surface area contributed by atoms with Gasteiger partial charge in [0.15, 0.2) is 0 Å². The fourth-order valence-electron chi connectivity index (χ4n) is 4.16. The molecule has 0 amide bonds. The first kappa shape index (κ1) is 16.6. The number of fused-ring (bicyclic) bond motifs is 3. The number of hydrogen-bond donors (Lipinski definition) is 2. The van der Waals surface area contributed by atoms with Crippen LogP contribution in [-0.2, 0) is 5.41 Å². The van der Waals surface area contributed by atoms with Crippen molar-refractivity contribution >= 4 is 24.2 Å². The van der Waals surface area contributed by atoms with E-state index in [1.54, 1.807) is 6.07 Å². The minimum absolute atomic E-state index is 0.0794. The van der Waals surface area contributed by atoms with Crippen LogP contribution in [0.3, 0.4) is 0 Å². The Kier molecular flexibility index (Phi) is 4.55. The van der Waals surface area contributed by atoms with Gasteiger partial charge in [0.2, 0.25) is 0 Å². The number of halogens is 1. The molecule has 4 heteroatoms. The van der Waals surface area contributed by atoms with Gasteiger partial charge in [0, 0.05) is 10.4 Å². The maximum absolute atomic E-state index is 9.58. The van der Waals surface area contributed by atoms with Crippen LogP contribution in [0.25, 0.3) is 11.1 Å². The molecule has 0 saturated heterocycles. The van der Waals surface area contributed by atoms with E-state index in [0.717, 1.165) is 30.7 Å². The van der Waals surface area contributed by atoms with Crippen LogP contribution in [0.4, 0.5) is 0 Å². The summed E-state index contributed by atoms with van der Waals surface area (Å²) in [6.45, 7) is 4.40. The Hall–Kier alpha value is -1.29. The zero-order chi connectivity index (χ0) is 16.6. The Morgan fingerprint density at radius 2 is 1.48 bits per heavy atom. The van der Waals surface area contributed by atoms with Gasteiger partial charge in [-0.1, -0.05) is 62.6 Å². The summed E-state index contributed by atoms with van der Waals surface area (Å²) in [5.41, 5.74) is 5.40. The minimum Gasteiger partial charge on any atom is -0.423 e. The van der Waals surface area contributed by atoms with Gasteiger partial charge in [0.1, 0.15) is 0 Å². The van der Waals surface area contributed by atoms with E-state index in [9.17, 15) is 10.0 Å². The molecule has 23 heavy (non-hydrogen) atoms. The molecule has 0 fully saturated rings. The highest BCUT2D eigenvalue weighted by atomic mass is 35.5. The first-order chi connectivity index (χ1) is 11.0. The zero-order valence-electron chi connectivity index (χ0n) is 13.6. The third-order valence-electron chi connectivity index (χ3n) is 5.00. The van der Waals surface area contributed by atoms with E-state index >= 15 is 0 Å². The van der Waals surface area contributed by atoms with E-state index in [0.29, 0.717) is 5.46 Å². The molecule has 1 aliphatic rings. The average molecular weight is 329 g/mol. The van der Waals surface area contributed by atoms with Gasteiger partial charge in [-0.25, -0.2) is 0 Å². The lowest BCUT2D eigenvalue weighted by Gasteiger charge is -2.32. The molecule has 2 aromatic rings. The molecule has 0 saturated carbocycles. The molecule has 0 atom stereocenters. The number of benzene rings is 2. The smallest absolute Gasteiger partial charge is 0.423 e. The Labute approximate surface area is 143 Å². The standard InChI is InChI=1S/C19H22BClO2/c1-3-9-19(10-4-2)17-11-13(20(22)23)5-7-15(17)16-8-6-14(21)12-18(16)19/h5-8,11-12,22-23H,3-4,9-10H2,1-2H3. The van der Waals surface area contributed by atoms with Crippen molar-refractivity contribution in [2.45, 2.75) is 44.9 Å². The van der Waals surface area contributed by atoms with Gasteiger partial charge >= 0.3 is 7.12 Å². The van der Waals surface area contributed by atoms with Crippen LogP contribution < -0.4 is 5.46 Å². The quantitative estimate of drug-likeness (QED) is 0.818. The summed E-state index contributed by atoms with van der Waals surface area (Å²) in [6.07, 6.45) is 4.20. The predicted octanol–water partition coefficient (Wildman–Crippen LogP) is 3.89. The molecule has 2 aromatic carbocycles. The number of hydrogen-bond acceptors (Lipinski definition) is 2. The summed E-state index contributed by atoms with van der Waals surface area (Å²) < 4.78 is 0. The van der Waals surface area contributed by atoms with E-state index in [-0.39, 0.29) is 5.41 Å². The molecule has 120 valence electrons. The predicted molar refractivity (Wildman–Crippen MR) is 97.3 cm³/mol. The van der Waals surface area contributed by atoms with Crippen molar-refractivity contribution < 1.29 is 10.0 Å². The van der Waals surface area contributed by atoms with Crippen molar-refractivity contribution in [2.24, 2.45) is 0 Å². The summed E-state index contributed by atoms with van der Waals surface area (Å²) in [4.78, 5) is 0. The molecular weight excluding hydrogens is 306 g/mol. The van der Waals surface area contributed by atoms with Gasteiger partial charge in [-0.3, -0.25) is 0 Å². The van der Waals surface area contributed by atoms with E-state index in [1.807, 2.05) is 18.2 Å². The van der Waals surface area contributed by atoms with Crippen molar-refractivity contribution in [1.29, 1.82) is 0 Å². The molecule has 0 bridgehead atoms. The van der Waals surface area contributed by atoms with Crippen LogP contribution in [-0.4, -0.2) is 17.2 Å². The summed E-state index contributed by atoms with van der Waals surface area (Å²) in [5.74, 6) is 0. The van der Waals surface area contributed by atoms with Crippen LogP contribution in [0.15, 0.2) is 36.4 Å². The van der Waals surface area contributed by atoms with Crippen LogP contribution in [0.1, 0.15) is 50.7 Å².